The van der Waals surface area contributed by atoms with Crippen molar-refractivity contribution in [1.29, 1.82) is 0 Å². The summed E-state index contributed by atoms with van der Waals surface area (Å²) in [7, 11) is -3.93. The monoisotopic (exact) mass is 759 g/mol. The van der Waals surface area contributed by atoms with E-state index in [1.165, 1.54) is 4.90 Å². The summed E-state index contributed by atoms with van der Waals surface area (Å²) < 4.78 is 61.7. The normalized spacial score (nSPS) is 30.3. The van der Waals surface area contributed by atoms with Crippen molar-refractivity contribution in [2.75, 3.05) is 26.2 Å². The van der Waals surface area contributed by atoms with Gasteiger partial charge in [0.2, 0.25) is 27.7 Å². The summed E-state index contributed by atoms with van der Waals surface area (Å²) in [6, 6.07) is 6.57. The Kier molecular flexibility index (Phi) is 10.3. The zero-order chi connectivity index (χ0) is 37.5. The second-order valence-corrected chi connectivity index (χ2v) is 17.5. The van der Waals surface area contributed by atoms with Gasteiger partial charge in [-0.2, -0.15) is 0 Å². The highest BCUT2D eigenvalue weighted by Gasteiger charge is 2.62. The number of hydrogen-bond donors (Lipinski definition) is 2. The number of rotatable bonds is 6. The maximum Gasteiger partial charge on any atom is 0.410 e. The minimum Gasteiger partial charge on any atom is -0.444 e. The number of nitrogens with zero attached hydrogens (tertiary/aromatic N) is 3. The Bertz CT molecular complexity index is 1790. The molecular formula is C37H47F2N5O8S. The van der Waals surface area contributed by atoms with E-state index < -0.39 is 93.4 Å². The molecule has 2 aliphatic carbocycles. The quantitative estimate of drug-likeness (QED) is 0.419. The van der Waals surface area contributed by atoms with Gasteiger partial charge < -0.3 is 24.8 Å². The van der Waals surface area contributed by atoms with Crippen LogP contribution in [0.3, 0.4) is 0 Å². The zero-order valence-corrected chi connectivity index (χ0v) is 30.5. The van der Waals surface area contributed by atoms with Crippen LogP contribution in [0, 0.1) is 11.8 Å². The molecule has 53 heavy (non-hydrogen) atoms. The number of halogens is 2. The summed E-state index contributed by atoms with van der Waals surface area (Å²) >= 11 is 0. The molecule has 4 aliphatic heterocycles. The molecule has 4 fully saturated rings. The number of hydrogen-bond acceptors (Lipinski definition) is 8. The fraction of sp³-hybridized carbons (Fsp3) is 0.649. The van der Waals surface area contributed by atoms with Crippen molar-refractivity contribution in [2.24, 2.45) is 11.8 Å². The second kappa shape index (κ2) is 14.6. The Labute approximate surface area is 307 Å². The van der Waals surface area contributed by atoms with Gasteiger partial charge in [-0.05, 0) is 56.1 Å². The van der Waals surface area contributed by atoms with Gasteiger partial charge in [-0.15, -0.1) is 0 Å². The van der Waals surface area contributed by atoms with Gasteiger partial charge >= 0.3 is 6.09 Å². The van der Waals surface area contributed by atoms with E-state index in [4.69, 9.17) is 4.74 Å². The summed E-state index contributed by atoms with van der Waals surface area (Å²) in [6.07, 6.45) is 5.99. The molecule has 288 valence electrons. The Morgan fingerprint density at radius 2 is 1.77 bits per heavy atom. The van der Waals surface area contributed by atoms with E-state index in [1.807, 2.05) is 36.4 Å². The first kappa shape index (κ1) is 37.2. The molecule has 0 aromatic heterocycles. The van der Waals surface area contributed by atoms with Crippen LogP contribution in [0.15, 0.2) is 36.4 Å². The number of likely N-dealkylation sites (tertiary alicyclic amines) is 1. The zero-order valence-electron chi connectivity index (χ0n) is 29.6. The lowest BCUT2D eigenvalue weighted by atomic mass is 9.94. The summed E-state index contributed by atoms with van der Waals surface area (Å²) in [6.45, 7) is -0.225. The van der Waals surface area contributed by atoms with E-state index in [2.05, 4.69) is 10.0 Å². The van der Waals surface area contributed by atoms with Crippen LogP contribution < -0.4 is 10.0 Å². The van der Waals surface area contributed by atoms with E-state index in [1.54, 1.807) is 4.90 Å². The molecule has 7 rings (SSSR count). The minimum atomic E-state index is -3.93. The summed E-state index contributed by atoms with van der Waals surface area (Å²) in [5, 5.41) is 2.14. The van der Waals surface area contributed by atoms with E-state index >= 15 is 0 Å². The number of benzene rings is 1. The van der Waals surface area contributed by atoms with Gasteiger partial charge in [-0.25, -0.2) is 22.0 Å². The number of carbonyl (C=O) groups excluding carboxylic acids is 5. The molecule has 1 aromatic carbocycles. The van der Waals surface area contributed by atoms with E-state index in [0.717, 1.165) is 22.4 Å². The molecule has 0 spiro atoms. The Balaban J connectivity index is 1.13. The fourth-order valence-corrected chi connectivity index (χ4v) is 9.50. The first-order valence-corrected chi connectivity index (χ1v) is 20.3. The van der Waals surface area contributed by atoms with Crippen molar-refractivity contribution in [3.05, 3.63) is 47.5 Å². The van der Waals surface area contributed by atoms with Crippen molar-refractivity contribution in [1.82, 2.24) is 24.7 Å². The van der Waals surface area contributed by atoms with Gasteiger partial charge in [0, 0.05) is 50.7 Å². The average Bonchev–Trinajstić information content (AvgIpc) is 4.02. The van der Waals surface area contributed by atoms with Crippen molar-refractivity contribution in [3.8, 4) is 0 Å². The molecule has 6 aliphatic rings. The predicted octanol–water partition coefficient (Wildman–Crippen LogP) is 3.03. The third-order valence-electron chi connectivity index (χ3n) is 11.6. The Morgan fingerprint density at radius 3 is 2.51 bits per heavy atom. The number of sulfonamides is 1. The Morgan fingerprint density at radius 1 is 1.00 bits per heavy atom. The fourth-order valence-electron chi connectivity index (χ4n) is 8.14. The topological polar surface area (TPSA) is 162 Å². The van der Waals surface area contributed by atoms with Gasteiger partial charge in [0.25, 0.3) is 11.8 Å². The van der Waals surface area contributed by atoms with Crippen LogP contribution in [0.5, 0.6) is 0 Å². The smallest absolute Gasteiger partial charge is 0.410 e. The van der Waals surface area contributed by atoms with Crippen molar-refractivity contribution in [2.45, 2.75) is 112 Å². The van der Waals surface area contributed by atoms with Gasteiger partial charge in [0.1, 0.15) is 17.7 Å². The highest BCUT2D eigenvalue weighted by atomic mass is 32.2. The SMILES string of the molecule is O=C1N[C@]2(C(=O)NS(=O)(=O)C3CC3)C[C@H]2C=CCCCCC[C@H](CC(=O)N2CCC(F)(F)C2)C(=O)N2C[C@H](OC(=O)N3CCc4ccccc4C3)C[C@@H]12. The molecule has 4 heterocycles. The van der Waals surface area contributed by atoms with Crippen molar-refractivity contribution < 1.29 is 45.9 Å². The first-order chi connectivity index (χ1) is 25.2. The third-order valence-corrected chi connectivity index (χ3v) is 13.4. The Hall–Kier alpha value is -4.08. The third kappa shape index (κ3) is 8.21. The molecular weight excluding hydrogens is 712 g/mol. The molecule has 13 nitrogen and oxygen atoms in total. The van der Waals surface area contributed by atoms with Crippen LogP contribution in [0.1, 0.15) is 81.8 Å². The maximum absolute atomic E-state index is 14.4. The number of fused-ring (bicyclic) bond motifs is 3. The lowest BCUT2D eigenvalue weighted by Gasteiger charge is -2.30. The number of ether oxygens (including phenoxy) is 1. The highest BCUT2D eigenvalue weighted by Crippen LogP contribution is 2.46. The standard InChI is InChI=1S/C37H47F2N5O8S/c38-36(39)15-17-43(23-36)31(45)18-25-9-4-2-1-3-5-11-27-20-37(27,34(48)41-53(50,51)29-12-13-29)40-32(46)30-19-28(22-44(30)33(25)47)52-35(49)42-16-14-24-8-6-7-10-26(24)21-42/h5-8,10-11,25,27-30H,1-4,9,12-23H2,(H,40,46)(H,41,48)/t25-,27-,28-,30+,37-/m1/s1. The predicted molar refractivity (Wildman–Crippen MR) is 186 cm³/mol. The molecule has 2 saturated carbocycles. The summed E-state index contributed by atoms with van der Waals surface area (Å²) in [5.74, 6) is -7.05. The van der Waals surface area contributed by atoms with E-state index in [9.17, 15) is 41.2 Å². The lowest BCUT2D eigenvalue weighted by Crippen LogP contribution is -2.57. The number of allylic oxidation sites excluding steroid dienone is 1. The van der Waals surface area contributed by atoms with Gasteiger partial charge in [0.15, 0.2) is 0 Å². The molecule has 5 atom stereocenters. The molecule has 1 aromatic rings. The molecule has 5 amide bonds. The first-order valence-electron chi connectivity index (χ1n) is 18.8. The summed E-state index contributed by atoms with van der Waals surface area (Å²) in [4.78, 5) is 73.0. The molecule has 0 unspecified atom stereocenters. The molecule has 0 radical (unpaired) electrons. The van der Waals surface area contributed by atoms with E-state index in [-0.39, 0.29) is 38.8 Å². The molecule has 2 saturated heterocycles. The average molecular weight is 760 g/mol. The van der Waals surface area contributed by atoms with Gasteiger partial charge in [0.05, 0.1) is 18.3 Å². The number of alkyl halides is 2. The minimum absolute atomic E-state index is 0.0919. The number of amides is 5. The van der Waals surface area contributed by atoms with Crippen LogP contribution in [-0.2, 0) is 46.9 Å². The summed E-state index contributed by atoms with van der Waals surface area (Å²) in [5.41, 5.74) is 0.574. The largest absolute Gasteiger partial charge is 0.444 e. The van der Waals surface area contributed by atoms with Crippen molar-refractivity contribution in [3.63, 3.8) is 0 Å². The number of nitrogens with one attached hydrogen (secondary N) is 2. The highest BCUT2D eigenvalue weighted by molar-refractivity contribution is 7.91. The lowest BCUT2D eigenvalue weighted by molar-refractivity contribution is -0.145. The second-order valence-electron chi connectivity index (χ2n) is 15.5. The molecule has 16 heteroatoms. The number of carbonyl (C=O) groups is 5. The van der Waals surface area contributed by atoms with Crippen LogP contribution >= 0.6 is 0 Å². The van der Waals surface area contributed by atoms with Crippen LogP contribution in [0.25, 0.3) is 0 Å². The van der Waals surface area contributed by atoms with Crippen LogP contribution in [0.4, 0.5) is 13.6 Å². The molecule has 2 N–H and O–H groups in total. The van der Waals surface area contributed by atoms with Crippen molar-refractivity contribution >= 4 is 39.7 Å². The maximum atomic E-state index is 14.4. The van der Waals surface area contributed by atoms with Gasteiger partial charge in [-0.1, -0.05) is 49.3 Å². The van der Waals surface area contributed by atoms with Crippen LogP contribution in [-0.4, -0.2) is 108 Å². The van der Waals surface area contributed by atoms with E-state index in [0.29, 0.717) is 51.6 Å². The van der Waals surface area contributed by atoms with Crippen LogP contribution in [0.2, 0.25) is 0 Å². The van der Waals surface area contributed by atoms with Gasteiger partial charge in [-0.3, -0.25) is 23.9 Å². The molecule has 0 bridgehead atoms.